The standard InChI is InChI=1S/C28H42.CH4/c1-7-19(2)11-10-13-22-14-15-24-25-20(3)17-23-12-8-9-16-27(23,5)26(25)21(4)18-28(22,24)6;/h7,20,22-24H,1-2,4,8-18H2,3,5-6H3;1H4. The lowest BCUT2D eigenvalue weighted by Crippen LogP contribution is -2.46. The summed E-state index contributed by atoms with van der Waals surface area (Å²) in [6.45, 7) is 20.5. The van der Waals surface area contributed by atoms with Crippen LogP contribution in [0.4, 0.5) is 0 Å². The second-order valence-electron chi connectivity index (χ2n) is 11.2. The first kappa shape index (κ1) is 22.6. The predicted octanol–water partition coefficient (Wildman–Crippen LogP) is 9.06. The van der Waals surface area contributed by atoms with Crippen LogP contribution in [0.15, 0.2) is 48.1 Å². The predicted molar refractivity (Wildman–Crippen MR) is 129 cm³/mol. The normalized spacial score (nSPS) is 41.1. The minimum atomic E-state index is 0. The summed E-state index contributed by atoms with van der Waals surface area (Å²) in [4.78, 5) is 0. The SMILES string of the molecule is C.C=CC(=C)CCCC1CCC2C3=C(C(=C)CC12C)C1(C)CCCCC1CC3C. The zero-order valence-corrected chi connectivity index (χ0v) is 18.8. The lowest BCUT2D eigenvalue weighted by atomic mass is 9.48. The van der Waals surface area contributed by atoms with Crippen LogP contribution in [-0.2, 0) is 0 Å². The molecule has 0 amide bonds. The Hall–Kier alpha value is -1.04. The molecule has 0 aliphatic heterocycles. The number of hydrogen-bond acceptors (Lipinski definition) is 0. The molecule has 0 N–H and O–H groups in total. The molecule has 0 bridgehead atoms. The van der Waals surface area contributed by atoms with Crippen molar-refractivity contribution < 1.29 is 0 Å². The summed E-state index contributed by atoms with van der Waals surface area (Å²) < 4.78 is 0. The molecule has 0 aromatic carbocycles. The molecule has 2 saturated carbocycles. The van der Waals surface area contributed by atoms with E-state index >= 15 is 0 Å². The summed E-state index contributed by atoms with van der Waals surface area (Å²) in [5.74, 6) is 3.34. The van der Waals surface area contributed by atoms with E-state index in [4.69, 9.17) is 6.58 Å². The van der Waals surface area contributed by atoms with Gasteiger partial charge in [0.2, 0.25) is 0 Å². The Kier molecular flexibility index (Phi) is 6.43. The van der Waals surface area contributed by atoms with Crippen molar-refractivity contribution in [1.29, 1.82) is 0 Å². The fraction of sp³-hybridized carbons (Fsp3) is 0.724. The van der Waals surface area contributed by atoms with Crippen molar-refractivity contribution in [1.82, 2.24) is 0 Å². The smallest absolute Gasteiger partial charge is 0.00445 e. The molecule has 4 rings (SSSR count). The number of rotatable bonds is 5. The van der Waals surface area contributed by atoms with Crippen LogP contribution in [0.1, 0.15) is 98.8 Å². The van der Waals surface area contributed by atoms with Crippen molar-refractivity contribution in [3.05, 3.63) is 48.1 Å². The summed E-state index contributed by atoms with van der Waals surface area (Å²) in [7, 11) is 0. The van der Waals surface area contributed by atoms with Gasteiger partial charge >= 0.3 is 0 Å². The fourth-order valence-corrected chi connectivity index (χ4v) is 8.16. The van der Waals surface area contributed by atoms with Gasteiger partial charge in [0.1, 0.15) is 0 Å². The number of fused-ring (bicyclic) bond motifs is 4. The van der Waals surface area contributed by atoms with E-state index in [1.165, 1.54) is 75.4 Å². The van der Waals surface area contributed by atoms with Crippen LogP contribution in [0.3, 0.4) is 0 Å². The molecule has 0 radical (unpaired) electrons. The average Bonchev–Trinajstić information content (AvgIpc) is 2.97. The Morgan fingerprint density at radius 1 is 1.17 bits per heavy atom. The maximum absolute atomic E-state index is 4.75. The van der Waals surface area contributed by atoms with E-state index in [9.17, 15) is 0 Å². The molecule has 0 aromatic heterocycles. The summed E-state index contributed by atoms with van der Waals surface area (Å²) >= 11 is 0. The van der Waals surface area contributed by atoms with Gasteiger partial charge in [-0.1, -0.05) is 83.6 Å². The van der Waals surface area contributed by atoms with E-state index in [1.54, 1.807) is 5.57 Å². The molecular weight excluding hydrogens is 348 g/mol. The summed E-state index contributed by atoms with van der Waals surface area (Å²) in [5.41, 5.74) is 7.25. The first-order valence-corrected chi connectivity index (χ1v) is 12.0. The average molecular weight is 395 g/mol. The summed E-state index contributed by atoms with van der Waals surface area (Å²) in [6, 6.07) is 0. The molecule has 6 unspecified atom stereocenters. The van der Waals surface area contributed by atoms with Gasteiger partial charge in [-0.05, 0) is 97.9 Å². The second-order valence-corrected chi connectivity index (χ2v) is 11.2. The monoisotopic (exact) mass is 394 g/mol. The van der Waals surface area contributed by atoms with Crippen molar-refractivity contribution in [3.8, 4) is 0 Å². The first-order chi connectivity index (χ1) is 13.3. The molecule has 0 heterocycles. The maximum atomic E-state index is 4.75. The largest absolute Gasteiger partial charge is 0.0988 e. The van der Waals surface area contributed by atoms with Gasteiger partial charge in [0.25, 0.3) is 0 Å². The van der Waals surface area contributed by atoms with Crippen molar-refractivity contribution in [3.63, 3.8) is 0 Å². The van der Waals surface area contributed by atoms with E-state index in [-0.39, 0.29) is 7.43 Å². The van der Waals surface area contributed by atoms with Crippen LogP contribution in [-0.4, -0.2) is 0 Å². The number of hydrogen-bond donors (Lipinski definition) is 0. The third-order valence-electron chi connectivity index (χ3n) is 9.62. The summed E-state index contributed by atoms with van der Waals surface area (Å²) in [6.07, 6.45) is 16.9. The van der Waals surface area contributed by atoms with E-state index in [2.05, 4.69) is 33.9 Å². The zero-order valence-electron chi connectivity index (χ0n) is 18.8. The van der Waals surface area contributed by atoms with Gasteiger partial charge in [0, 0.05) is 0 Å². The highest BCUT2D eigenvalue weighted by molar-refractivity contribution is 5.48. The van der Waals surface area contributed by atoms with Gasteiger partial charge < -0.3 is 0 Å². The van der Waals surface area contributed by atoms with Crippen LogP contribution in [0, 0.1) is 34.5 Å². The summed E-state index contributed by atoms with van der Waals surface area (Å²) in [5, 5.41) is 0. The highest BCUT2D eigenvalue weighted by Gasteiger charge is 2.56. The Balaban J connectivity index is 0.00000240. The topological polar surface area (TPSA) is 0 Å². The fourth-order valence-electron chi connectivity index (χ4n) is 8.16. The minimum absolute atomic E-state index is 0. The highest BCUT2D eigenvalue weighted by Crippen LogP contribution is 2.67. The van der Waals surface area contributed by atoms with Crippen LogP contribution < -0.4 is 0 Å². The molecule has 6 atom stereocenters. The van der Waals surface area contributed by atoms with Crippen LogP contribution in [0.2, 0.25) is 0 Å². The Morgan fingerprint density at radius 2 is 1.93 bits per heavy atom. The number of allylic oxidation sites excluding steroid dienone is 5. The van der Waals surface area contributed by atoms with Gasteiger partial charge in [-0.2, -0.15) is 0 Å². The lowest BCUT2D eigenvalue weighted by molar-refractivity contribution is 0.0832. The van der Waals surface area contributed by atoms with Gasteiger partial charge in [0.05, 0.1) is 0 Å². The van der Waals surface area contributed by atoms with Crippen molar-refractivity contribution >= 4 is 0 Å². The Bertz CT molecular complexity index is 706. The minimum Gasteiger partial charge on any atom is -0.0988 e. The zero-order chi connectivity index (χ0) is 20.1. The first-order valence-electron chi connectivity index (χ1n) is 12.0. The van der Waals surface area contributed by atoms with Crippen molar-refractivity contribution in [2.45, 2.75) is 98.8 Å². The lowest BCUT2D eigenvalue weighted by Gasteiger charge is -2.56. The molecule has 4 aliphatic rings. The quantitative estimate of drug-likeness (QED) is 0.408. The van der Waals surface area contributed by atoms with E-state index in [0.717, 1.165) is 30.1 Å². The molecule has 0 heteroatoms. The van der Waals surface area contributed by atoms with E-state index in [0.29, 0.717) is 10.8 Å². The second kappa shape index (κ2) is 8.24. The third kappa shape index (κ3) is 3.53. The molecule has 0 saturated heterocycles. The van der Waals surface area contributed by atoms with Crippen molar-refractivity contribution in [2.75, 3.05) is 0 Å². The van der Waals surface area contributed by atoms with E-state index in [1.807, 2.05) is 11.6 Å². The molecule has 4 aliphatic carbocycles. The van der Waals surface area contributed by atoms with Crippen LogP contribution in [0.25, 0.3) is 0 Å². The van der Waals surface area contributed by atoms with Gasteiger partial charge in [-0.15, -0.1) is 0 Å². The van der Waals surface area contributed by atoms with Gasteiger partial charge in [-0.3, -0.25) is 0 Å². The third-order valence-corrected chi connectivity index (χ3v) is 9.62. The molecule has 0 nitrogen and oxygen atoms in total. The molecule has 29 heavy (non-hydrogen) atoms. The molecule has 0 spiro atoms. The Labute approximate surface area is 181 Å². The molecule has 0 aromatic rings. The van der Waals surface area contributed by atoms with Gasteiger partial charge in [-0.25, -0.2) is 0 Å². The molecular formula is C29H46. The molecule has 162 valence electrons. The van der Waals surface area contributed by atoms with Crippen LogP contribution >= 0.6 is 0 Å². The maximum Gasteiger partial charge on any atom is -0.00445 e. The molecule has 2 fully saturated rings. The van der Waals surface area contributed by atoms with E-state index < -0.39 is 0 Å². The van der Waals surface area contributed by atoms with Gasteiger partial charge in [0.15, 0.2) is 0 Å². The Morgan fingerprint density at radius 3 is 2.66 bits per heavy atom. The van der Waals surface area contributed by atoms with Crippen molar-refractivity contribution in [2.24, 2.45) is 34.5 Å². The highest BCUT2D eigenvalue weighted by atomic mass is 14.6. The van der Waals surface area contributed by atoms with Crippen LogP contribution in [0.5, 0.6) is 0 Å².